The van der Waals surface area contributed by atoms with Gasteiger partial charge in [0.15, 0.2) is 0 Å². The average molecular weight is 248 g/mol. The van der Waals surface area contributed by atoms with Gasteiger partial charge in [-0.1, -0.05) is 37.3 Å². The zero-order valence-electron chi connectivity index (χ0n) is 11.3. The second-order valence-electron chi connectivity index (χ2n) is 5.02. The molecular formula is C15H24N2O. The Bertz CT molecular complexity index is 342. The third kappa shape index (κ3) is 3.55. The Labute approximate surface area is 110 Å². The van der Waals surface area contributed by atoms with Crippen molar-refractivity contribution in [2.75, 3.05) is 32.8 Å². The van der Waals surface area contributed by atoms with E-state index in [1.165, 1.54) is 12.0 Å². The monoisotopic (exact) mass is 248 g/mol. The molecule has 1 aliphatic rings. The first-order valence-corrected chi connectivity index (χ1v) is 6.94. The topological polar surface area (TPSA) is 26.7 Å². The van der Waals surface area contributed by atoms with E-state index in [0.29, 0.717) is 6.04 Å². The fourth-order valence-corrected chi connectivity index (χ4v) is 2.77. The molecule has 1 heterocycles. The summed E-state index contributed by atoms with van der Waals surface area (Å²) in [6, 6.07) is 11.3. The number of hydrogen-bond donors (Lipinski definition) is 1. The van der Waals surface area contributed by atoms with E-state index in [1.807, 2.05) is 0 Å². The van der Waals surface area contributed by atoms with Crippen LogP contribution in [-0.2, 0) is 6.54 Å². The molecule has 0 radical (unpaired) electrons. The standard InChI is InChI=1S/C15H24N2O/c1-2-17(12-14-6-4-3-5-7-14)15-8-9-16(13-15)10-11-18/h3-7,15,18H,2,8-13H2,1H3/t15-/m1/s1. The molecule has 1 saturated heterocycles. The van der Waals surface area contributed by atoms with Crippen LogP contribution in [0.3, 0.4) is 0 Å². The predicted molar refractivity (Wildman–Crippen MR) is 74.5 cm³/mol. The molecule has 0 aliphatic carbocycles. The minimum atomic E-state index is 0.275. The number of likely N-dealkylation sites (tertiary alicyclic amines) is 1. The maximum Gasteiger partial charge on any atom is 0.0558 e. The highest BCUT2D eigenvalue weighted by molar-refractivity contribution is 5.14. The highest BCUT2D eigenvalue weighted by Crippen LogP contribution is 2.17. The van der Waals surface area contributed by atoms with Crippen LogP contribution in [0.5, 0.6) is 0 Å². The normalized spacial score (nSPS) is 20.7. The number of rotatable bonds is 6. The molecule has 1 atom stereocenters. The van der Waals surface area contributed by atoms with Crippen molar-refractivity contribution in [3.8, 4) is 0 Å². The Morgan fingerprint density at radius 1 is 1.33 bits per heavy atom. The van der Waals surface area contributed by atoms with E-state index >= 15 is 0 Å². The molecule has 1 aromatic rings. The van der Waals surface area contributed by atoms with Gasteiger partial charge in [-0.05, 0) is 25.1 Å². The minimum absolute atomic E-state index is 0.275. The lowest BCUT2D eigenvalue weighted by Gasteiger charge is -2.27. The summed E-state index contributed by atoms with van der Waals surface area (Å²) in [7, 11) is 0. The van der Waals surface area contributed by atoms with Crippen molar-refractivity contribution in [3.63, 3.8) is 0 Å². The van der Waals surface area contributed by atoms with Crippen molar-refractivity contribution >= 4 is 0 Å². The van der Waals surface area contributed by atoms with Crippen molar-refractivity contribution in [2.45, 2.75) is 25.9 Å². The first kappa shape index (κ1) is 13.5. The average Bonchev–Trinajstić information content (AvgIpc) is 2.86. The Hall–Kier alpha value is -0.900. The van der Waals surface area contributed by atoms with E-state index in [2.05, 4.69) is 47.1 Å². The molecule has 2 rings (SSSR count). The summed E-state index contributed by atoms with van der Waals surface area (Å²) in [4.78, 5) is 4.91. The molecule has 1 aromatic carbocycles. The van der Waals surface area contributed by atoms with Crippen molar-refractivity contribution in [2.24, 2.45) is 0 Å². The Morgan fingerprint density at radius 3 is 2.78 bits per heavy atom. The molecule has 3 heteroatoms. The van der Waals surface area contributed by atoms with E-state index < -0.39 is 0 Å². The van der Waals surface area contributed by atoms with Crippen LogP contribution in [0.2, 0.25) is 0 Å². The molecule has 0 bridgehead atoms. The molecule has 18 heavy (non-hydrogen) atoms. The van der Waals surface area contributed by atoms with Crippen LogP contribution in [0, 0.1) is 0 Å². The first-order valence-electron chi connectivity index (χ1n) is 6.94. The number of nitrogens with zero attached hydrogens (tertiary/aromatic N) is 2. The van der Waals surface area contributed by atoms with Gasteiger partial charge in [-0.3, -0.25) is 9.80 Å². The van der Waals surface area contributed by atoms with Gasteiger partial charge in [0.05, 0.1) is 6.61 Å². The molecule has 1 fully saturated rings. The lowest BCUT2D eigenvalue weighted by atomic mass is 10.1. The summed E-state index contributed by atoms with van der Waals surface area (Å²) in [5, 5.41) is 8.99. The lowest BCUT2D eigenvalue weighted by molar-refractivity contribution is 0.178. The van der Waals surface area contributed by atoms with Gasteiger partial charge in [0.1, 0.15) is 0 Å². The van der Waals surface area contributed by atoms with Gasteiger partial charge >= 0.3 is 0 Å². The number of benzene rings is 1. The summed E-state index contributed by atoms with van der Waals surface area (Å²) < 4.78 is 0. The van der Waals surface area contributed by atoms with Gasteiger partial charge in [0, 0.05) is 25.7 Å². The second kappa shape index (κ2) is 6.88. The summed E-state index contributed by atoms with van der Waals surface area (Å²) in [5.74, 6) is 0. The fraction of sp³-hybridized carbons (Fsp3) is 0.600. The third-order valence-electron chi connectivity index (χ3n) is 3.81. The van der Waals surface area contributed by atoms with Crippen LogP contribution in [0.4, 0.5) is 0 Å². The van der Waals surface area contributed by atoms with Crippen molar-refractivity contribution in [3.05, 3.63) is 35.9 Å². The zero-order chi connectivity index (χ0) is 12.8. The van der Waals surface area contributed by atoms with Crippen molar-refractivity contribution in [1.29, 1.82) is 0 Å². The van der Waals surface area contributed by atoms with Crippen LogP contribution in [0.15, 0.2) is 30.3 Å². The SMILES string of the molecule is CCN(Cc1ccccc1)[C@@H]1CCN(CCO)C1. The molecule has 0 amide bonds. The van der Waals surface area contributed by atoms with Gasteiger partial charge in [-0.25, -0.2) is 0 Å². The lowest BCUT2D eigenvalue weighted by Crippen LogP contribution is -2.37. The number of hydrogen-bond acceptors (Lipinski definition) is 3. The summed E-state index contributed by atoms with van der Waals surface area (Å²) in [6.45, 7) is 7.67. The van der Waals surface area contributed by atoms with E-state index in [1.54, 1.807) is 0 Å². The maximum atomic E-state index is 8.99. The molecule has 1 aliphatic heterocycles. The van der Waals surface area contributed by atoms with Crippen LogP contribution in [0.1, 0.15) is 18.9 Å². The molecule has 1 N–H and O–H groups in total. The van der Waals surface area contributed by atoms with Gasteiger partial charge in [-0.2, -0.15) is 0 Å². The van der Waals surface area contributed by atoms with E-state index in [9.17, 15) is 0 Å². The molecule has 0 saturated carbocycles. The number of likely N-dealkylation sites (N-methyl/N-ethyl adjacent to an activating group) is 1. The third-order valence-corrected chi connectivity index (χ3v) is 3.81. The molecule has 0 unspecified atom stereocenters. The van der Waals surface area contributed by atoms with Crippen LogP contribution < -0.4 is 0 Å². The smallest absolute Gasteiger partial charge is 0.0558 e. The molecule has 0 spiro atoms. The van der Waals surface area contributed by atoms with E-state index in [0.717, 1.165) is 32.7 Å². The van der Waals surface area contributed by atoms with Crippen LogP contribution in [-0.4, -0.2) is 53.7 Å². The molecule has 100 valence electrons. The fourth-order valence-electron chi connectivity index (χ4n) is 2.77. The Kier molecular flexibility index (Phi) is 5.17. The van der Waals surface area contributed by atoms with Gasteiger partial charge < -0.3 is 5.11 Å². The molecule has 3 nitrogen and oxygen atoms in total. The van der Waals surface area contributed by atoms with Gasteiger partial charge in [-0.15, -0.1) is 0 Å². The number of aliphatic hydroxyl groups excluding tert-OH is 1. The van der Waals surface area contributed by atoms with E-state index in [4.69, 9.17) is 5.11 Å². The molecule has 0 aromatic heterocycles. The summed E-state index contributed by atoms with van der Waals surface area (Å²) >= 11 is 0. The molecular weight excluding hydrogens is 224 g/mol. The quantitative estimate of drug-likeness (QED) is 0.828. The zero-order valence-corrected chi connectivity index (χ0v) is 11.3. The van der Waals surface area contributed by atoms with Gasteiger partial charge in [0.2, 0.25) is 0 Å². The number of β-amino-alcohol motifs (C(OH)–C–C–N with tert-alkyl or cyclic N) is 1. The number of aliphatic hydroxyl groups is 1. The first-order chi connectivity index (χ1) is 8.83. The Morgan fingerprint density at radius 2 is 2.11 bits per heavy atom. The van der Waals surface area contributed by atoms with E-state index in [-0.39, 0.29) is 6.61 Å². The van der Waals surface area contributed by atoms with Gasteiger partial charge in [0.25, 0.3) is 0 Å². The highest BCUT2D eigenvalue weighted by Gasteiger charge is 2.26. The predicted octanol–water partition coefficient (Wildman–Crippen LogP) is 1.58. The maximum absolute atomic E-state index is 8.99. The summed E-state index contributed by atoms with van der Waals surface area (Å²) in [5.41, 5.74) is 1.39. The Balaban J connectivity index is 1.90. The summed E-state index contributed by atoms with van der Waals surface area (Å²) in [6.07, 6.45) is 1.22. The highest BCUT2D eigenvalue weighted by atomic mass is 16.3. The minimum Gasteiger partial charge on any atom is -0.395 e. The largest absolute Gasteiger partial charge is 0.395 e. The van der Waals surface area contributed by atoms with Crippen molar-refractivity contribution < 1.29 is 5.11 Å². The van der Waals surface area contributed by atoms with Crippen molar-refractivity contribution in [1.82, 2.24) is 9.80 Å². The van der Waals surface area contributed by atoms with Crippen LogP contribution in [0.25, 0.3) is 0 Å². The van der Waals surface area contributed by atoms with Crippen LogP contribution >= 0.6 is 0 Å². The second-order valence-corrected chi connectivity index (χ2v) is 5.02.